The predicted molar refractivity (Wildman–Crippen MR) is 304 cm³/mol. The summed E-state index contributed by atoms with van der Waals surface area (Å²) in [6, 6.07) is 0.155. The number of aliphatic hydroxyl groups excluding tert-OH is 3. The molecule has 4 aromatic rings. The molecule has 0 aliphatic carbocycles. The zero-order chi connectivity index (χ0) is 62.5. The van der Waals surface area contributed by atoms with E-state index in [1.54, 1.807) is 74.6 Å². The average molecular weight is 1190 g/mol. The Hall–Kier alpha value is -8.80. The van der Waals surface area contributed by atoms with Crippen molar-refractivity contribution in [1.29, 1.82) is 0 Å². The molecule has 1 aliphatic rings. The number of aliphatic hydroxyl groups is 3. The minimum atomic E-state index is -1.92. The van der Waals surface area contributed by atoms with Crippen LogP contribution in [0.15, 0.2) is 73.3 Å². The van der Waals surface area contributed by atoms with Gasteiger partial charge in [-0.3, -0.25) is 52.7 Å². The number of carbonyl (C=O) groups excluding carboxylic acids is 10. The number of hydrogen-bond donors (Lipinski definition) is 17. The maximum absolute atomic E-state index is 14.6. The molecule has 2 aromatic carbocycles. The van der Waals surface area contributed by atoms with Gasteiger partial charge >= 0.3 is 5.97 Å². The second kappa shape index (κ2) is 32.3. The first-order valence-electron chi connectivity index (χ1n) is 27.9. The van der Waals surface area contributed by atoms with E-state index >= 15 is 0 Å². The molecular weight excluding hydrogens is 1110 g/mol. The van der Waals surface area contributed by atoms with E-state index in [0.29, 0.717) is 34.1 Å². The molecule has 0 bridgehead atoms. The quantitative estimate of drug-likeness (QED) is 0.0451. The Bertz CT molecular complexity index is 2950. The zero-order valence-corrected chi connectivity index (χ0v) is 47.8. The molecule has 29 nitrogen and oxygen atoms in total. The fourth-order valence-corrected chi connectivity index (χ4v) is 9.30. The van der Waals surface area contributed by atoms with Crippen LogP contribution in [0.2, 0.25) is 0 Å². The Morgan fingerprint density at radius 3 is 1.64 bits per heavy atom. The lowest BCUT2D eigenvalue weighted by atomic mass is 10.0. The third-order valence-electron chi connectivity index (χ3n) is 13.8. The van der Waals surface area contributed by atoms with Crippen molar-refractivity contribution in [2.24, 2.45) is 11.7 Å². The van der Waals surface area contributed by atoms with Crippen LogP contribution < -0.4 is 58.9 Å². The molecule has 29 heteroatoms. The second-order valence-corrected chi connectivity index (χ2v) is 21.4. The van der Waals surface area contributed by atoms with Crippen molar-refractivity contribution in [2.75, 3.05) is 13.1 Å². The lowest BCUT2D eigenvalue weighted by molar-refractivity contribution is -0.142. The molecule has 1 aliphatic heterocycles. The van der Waals surface area contributed by atoms with Crippen LogP contribution in [0.3, 0.4) is 0 Å². The second-order valence-electron chi connectivity index (χ2n) is 21.4. The number of imidazole rings is 1. The lowest BCUT2D eigenvalue weighted by Crippen LogP contribution is -2.64. The van der Waals surface area contributed by atoms with Crippen molar-refractivity contribution in [1.82, 2.24) is 68.1 Å². The zero-order valence-electron chi connectivity index (χ0n) is 47.8. The number of amides is 10. The van der Waals surface area contributed by atoms with E-state index in [-0.39, 0.29) is 51.0 Å². The van der Waals surface area contributed by atoms with Gasteiger partial charge in [0.25, 0.3) is 0 Å². The number of aromatic nitrogens is 3. The van der Waals surface area contributed by atoms with Crippen molar-refractivity contribution in [2.45, 2.75) is 159 Å². The summed E-state index contributed by atoms with van der Waals surface area (Å²) >= 11 is 0. The normalized spacial score (nSPS) is 24.6. The van der Waals surface area contributed by atoms with Crippen LogP contribution in [0.1, 0.15) is 83.5 Å². The highest BCUT2D eigenvalue weighted by atomic mass is 16.4. The predicted octanol–water partition coefficient (Wildman–Crippen LogP) is -3.80. The molecule has 0 unspecified atom stereocenters. The number of unbranched alkanes of at least 4 members (excludes halogenated alkanes) is 1. The van der Waals surface area contributed by atoms with Crippen LogP contribution in [0, 0.1) is 5.92 Å². The van der Waals surface area contributed by atoms with Crippen LogP contribution >= 0.6 is 0 Å². The first-order valence-corrected chi connectivity index (χ1v) is 27.9. The minimum Gasteiger partial charge on any atom is -0.481 e. The molecule has 85 heavy (non-hydrogen) atoms. The van der Waals surface area contributed by atoms with E-state index in [9.17, 15) is 73.2 Å². The van der Waals surface area contributed by atoms with Crippen LogP contribution in [0.5, 0.6) is 0 Å². The number of nitrogens with one attached hydrogen (secondary N) is 12. The molecule has 0 radical (unpaired) electrons. The minimum absolute atomic E-state index is 0.138. The number of aromatic amines is 2. The first-order chi connectivity index (χ1) is 40.3. The fourth-order valence-electron chi connectivity index (χ4n) is 9.30. The van der Waals surface area contributed by atoms with E-state index < -0.39 is 151 Å². The molecule has 10 amide bonds. The van der Waals surface area contributed by atoms with Crippen molar-refractivity contribution in [3.63, 3.8) is 0 Å². The summed E-state index contributed by atoms with van der Waals surface area (Å²) in [5, 5.41) is 67.9. The number of nitrogens with two attached hydrogens (primary N) is 1. The molecule has 0 saturated carbocycles. The van der Waals surface area contributed by atoms with Crippen LogP contribution in [0.25, 0.3) is 10.9 Å². The van der Waals surface area contributed by atoms with Gasteiger partial charge in [0.05, 0.1) is 37.6 Å². The van der Waals surface area contributed by atoms with Gasteiger partial charge in [-0.05, 0) is 76.1 Å². The van der Waals surface area contributed by atoms with Gasteiger partial charge in [-0.1, -0.05) is 62.4 Å². The lowest BCUT2D eigenvalue weighted by Gasteiger charge is -2.30. The average Bonchev–Trinajstić information content (AvgIpc) is 3.82. The Labute approximate surface area is 489 Å². The largest absolute Gasteiger partial charge is 0.481 e. The summed E-state index contributed by atoms with van der Waals surface area (Å²) in [6.07, 6.45) is -2.45. The van der Waals surface area contributed by atoms with E-state index in [2.05, 4.69) is 68.1 Å². The van der Waals surface area contributed by atoms with Crippen molar-refractivity contribution in [3.05, 3.63) is 90.1 Å². The summed E-state index contributed by atoms with van der Waals surface area (Å²) in [6.45, 7) is 6.12. The molecule has 1 fully saturated rings. The van der Waals surface area contributed by atoms with E-state index in [1.165, 1.54) is 19.4 Å². The highest BCUT2D eigenvalue weighted by Crippen LogP contribution is 2.20. The Kier molecular flexibility index (Phi) is 25.5. The van der Waals surface area contributed by atoms with Crippen molar-refractivity contribution >= 4 is 75.9 Å². The summed E-state index contributed by atoms with van der Waals surface area (Å²) in [5.41, 5.74) is 7.77. The summed E-state index contributed by atoms with van der Waals surface area (Å²) in [4.78, 5) is 164. The van der Waals surface area contributed by atoms with Gasteiger partial charge in [-0.25, -0.2) is 4.98 Å². The molecule has 0 spiro atoms. The third-order valence-corrected chi connectivity index (χ3v) is 13.8. The van der Waals surface area contributed by atoms with Gasteiger partial charge in [0.1, 0.15) is 54.4 Å². The molecule has 3 heterocycles. The molecule has 5 rings (SSSR count). The SMILES string of the molecule is CC(C)C[C@@H]1NC(=O)[C@H]([C@@H](C)O)NC(=O)[C@H](Cc2ccccc2)NC(=O)CNC(=O)[C@H](Cc2c[nH]c3ccccc23)NC(=O)[C@H](Cc2cnc[nH]2)NC(=O)[C@H]([C@@H](C)O)NC(=O)[C@H]([C@@H](C)O)NC(=O)[C@H](CCCCN)NC(=O)[C@H](CC(=O)O)NC1=O. The number of carbonyl (C=O) groups is 11. The van der Waals surface area contributed by atoms with Gasteiger partial charge in [0.15, 0.2) is 0 Å². The number of carboxylic acid groups (broad SMARTS) is 1. The highest BCUT2D eigenvalue weighted by Gasteiger charge is 2.39. The van der Waals surface area contributed by atoms with Crippen LogP contribution in [-0.4, -0.2) is 186 Å². The summed E-state index contributed by atoms with van der Waals surface area (Å²) < 4.78 is 0. The standard InChI is InChI=1S/C56H78N14O15/c1-28(2)19-38-50(79)65-42(23-44(75)76)52(81)63-37(17-11-12-18-57)49(78)68-47(31(5)73)56(85)70-46(30(4)72)55(84)67-41(22-34-25-58-27-61-34)51(80)64-40(21-33-24-59-36-16-10-9-15-35(33)36)48(77)60-26-43(74)62-39(20-32-13-7-6-8-14-32)53(82)69-45(29(3)71)54(83)66-38/h6-10,13-16,24-25,27-31,37-42,45-47,59,71-73H,11-12,17-23,26,57H2,1-5H3,(H,58,61)(H,60,77)(H,62,74)(H,63,81)(H,64,80)(H,65,79)(H,66,83)(H,67,84)(H,68,78)(H,69,82)(H,70,85)(H,75,76)/t29-,30-,31-,37+,38+,39+,40+,41+,42+,45+,46+,47+/m1/s1. The summed E-state index contributed by atoms with van der Waals surface area (Å²) in [5.74, 6) is -12.6. The molecule has 2 aromatic heterocycles. The topological polar surface area (TPSA) is 459 Å². The van der Waals surface area contributed by atoms with E-state index in [1.807, 2.05) is 0 Å². The monoisotopic (exact) mass is 1190 g/mol. The number of aliphatic carboxylic acids is 1. The number of hydrogen-bond acceptors (Lipinski definition) is 16. The first kappa shape index (κ1) is 67.0. The number of fused-ring (bicyclic) bond motifs is 1. The Balaban J connectivity index is 1.59. The number of nitrogens with zero attached hydrogens (tertiary/aromatic N) is 1. The van der Waals surface area contributed by atoms with Gasteiger partial charge in [0, 0.05) is 48.3 Å². The number of rotatable bonds is 17. The fraction of sp³-hybridized carbons (Fsp3) is 0.500. The van der Waals surface area contributed by atoms with Gasteiger partial charge < -0.3 is 89.3 Å². The molecule has 1 saturated heterocycles. The maximum Gasteiger partial charge on any atom is 0.305 e. The molecule has 18 N–H and O–H groups in total. The van der Waals surface area contributed by atoms with Crippen LogP contribution in [-0.2, 0) is 72.0 Å². The van der Waals surface area contributed by atoms with Crippen molar-refractivity contribution in [3.8, 4) is 0 Å². The Morgan fingerprint density at radius 1 is 0.553 bits per heavy atom. The maximum atomic E-state index is 14.6. The highest BCUT2D eigenvalue weighted by molar-refractivity contribution is 6.00. The van der Waals surface area contributed by atoms with E-state index in [0.717, 1.165) is 13.8 Å². The smallest absolute Gasteiger partial charge is 0.305 e. The van der Waals surface area contributed by atoms with Crippen molar-refractivity contribution < 1.29 is 73.2 Å². The van der Waals surface area contributed by atoms with Gasteiger partial charge in [0.2, 0.25) is 59.1 Å². The van der Waals surface area contributed by atoms with Gasteiger partial charge in [-0.15, -0.1) is 0 Å². The molecule has 462 valence electrons. The number of H-pyrrole nitrogens is 2. The van der Waals surface area contributed by atoms with Crippen LogP contribution in [0.4, 0.5) is 0 Å². The Morgan fingerprint density at radius 2 is 1.05 bits per heavy atom. The van der Waals surface area contributed by atoms with Gasteiger partial charge in [-0.2, -0.15) is 0 Å². The van der Waals surface area contributed by atoms with E-state index in [4.69, 9.17) is 5.73 Å². The number of carboxylic acids is 1. The molecule has 12 atom stereocenters. The molecular formula is C56H78N14O15. The summed E-state index contributed by atoms with van der Waals surface area (Å²) in [7, 11) is 0. The number of benzene rings is 2. The number of para-hydroxylation sites is 1. The third kappa shape index (κ3) is 20.5.